The first kappa shape index (κ1) is 33.7. The highest BCUT2D eigenvalue weighted by molar-refractivity contribution is 9.09. The average molecular weight is 687 g/mol. The summed E-state index contributed by atoms with van der Waals surface area (Å²) in [5, 5.41) is 9.37. The lowest BCUT2D eigenvalue weighted by Gasteiger charge is -2.41. The van der Waals surface area contributed by atoms with Gasteiger partial charge in [-0.25, -0.2) is 0 Å². The molecule has 5 rings (SSSR count). The van der Waals surface area contributed by atoms with Gasteiger partial charge in [-0.15, -0.1) is 13.2 Å². The molecule has 3 unspecified atom stereocenters. The van der Waals surface area contributed by atoms with E-state index < -0.39 is 29.6 Å². The van der Waals surface area contributed by atoms with Gasteiger partial charge in [0.05, 0.1) is 24.5 Å². The molecular formula is C35H48BrN3O6. The van der Waals surface area contributed by atoms with Gasteiger partial charge in [0, 0.05) is 42.8 Å². The Morgan fingerprint density at radius 3 is 2.44 bits per heavy atom. The summed E-state index contributed by atoms with van der Waals surface area (Å²) in [5.74, 6) is -1.34. The first-order chi connectivity index (χ1) is 21.8. The number of unbranched alkanes of at least 4 members (excludes halogenated alkanes) is 2. The van der Waals surface area contributed by atoms with E-state index in [9.17, 15) is 19.5 Å². The number of ether oxygens (including phenoxy) is 2. The minimum Gasteiger partial charge on any atom is -0.494 e. The lowest BCUT2D eigenvalue weighted by Crippen LogP contribution is -2.59. The van der Waals surface area contributed by atoms with Crippen LogP contribution in [-0.2, 0) is 19.1 Å². The number of rotatable bonds is 15. The van der Waals surface area contributed by atoms with Gasteiger partial charge in [0.1, 0.15) is 17.4 Å². The standard InChI is InChI=1S/C35H48BrN3O6/c1-4-19-37(25-15-17-26(18-16-25)44-6-3)32(41)28-29-33(42)39(21-11-8-12-22-40)31(35(29)23-27(36)30(28)45-35)34(43)38(20-5-2)24-13-9-7-10-14-24/h4-5,15-18,24,27-31,40H,1-2,6-14,19-23H2,3H3/t27?,28-,29-,30-,31?,35?/m0/s1. The molecule has 3 amide bonds. The minimum atomic E-state index is -1.11. The molecule has 2 bridgehead atoms. The molecule has 1 spiro atoms. The number of benzene rings is 1. The molecule has 6 atom stereocenters. The third kappa shape index (κ3) is 6.34. The highest BCUT2D eigenvalue weighted by Gasteiger charge is 2.77. The summed E-state index contributed by atoms with van der Waals surface area (Å²) in [5.41, 5.74) is -0.434. The highest BCUT2D eigenvalue weighted by atomic mass is 79.9. The van der Waals surface area contributed by atoms with Crippen LogP contribution in [0.3, 0.4) is 0 Å². The predicted octanol–water partition coefficient (Wildman–Crippen LogP) is 4.86. The average Bonchev–Trinajstić information content (AvgIpc) is 3.64. The number of fused-ring (bicyclic) bond motifs is 1. The zero-order valence-corrected chi connectivity index (χ0v) is 28.0. The van der Waals surface area contributed by atoms with Crippen molar-refractivity contribution in [3.05, 3.63) is 49.6 Å². The summed E-state index contributed by atoms with van der Waals surface area (Å²) >= 11 is 3.81. The fourth-order valence-corrected chi connectivity index (χ4v) is 9.07. The zero-order chi connectivity index (χ0) is 32.1. The summed E-state index contributed by atoms with van der Waals surface area (Å²) in [6, 6.07) is 6.61. The van der Waals surface area contributed by atoms with Gasteiger partial charge >= 0.3 is 0 Å². The summed E-state index contributed by atoms with van der Waals surface area (Å²) < 4.78 is 12.4. The Morgan fingerprint density at radius 1 is 1.09 bits per heavy atom. The van der Waals surface area contributed by atoms with Gasteiger partial charge in [0.15, 0.2) is 0 Å². The van der Waals surface area contributed by atoms with Crippen molar-refractivity contribution >= 4 is 39.3 Å². The van der Waals surface area contributed by atoms with Crippen molar-refractivity contribution in [2.45, 2.75) is 93.3 Å². The summed E-state index contributed by atoms with van der Waals surface area (Å²) in [6.07, 6.45) is 10.5. The number of carbonyl (C=O) groups is 3. The predicted molar refractivity (Wildman–Crippen MR) is 177 cm³/mol. The van der Waals surface area contributed by atoms with E-state index in [2.05, 4.69) is 29.1 Å². The van der Waals surface area contributed by atoms with Crippen molar-refractivity contribution < 1.29 is 29.0 Å². The van der Waals surface area contributed by atoms with Crippen LogP contribution in [0.25, 0.3) is 0 Å². The van der Waals surface area contributed by atoms with Gasteiger partial charge in [-0.05, 0) is 69.7 Å². The van der Waals surface area contributed by atoms with Crippen LogP contribution in [0.15, 0.2) is 49.6 Å². The Kier molecular flexibility index (Phi) is 11.1. The number of carbonyl (C=O) groups excluding carboxylic acids is 3. The molecule has 4 fully saturated rings. The number of amides is 3. The summed E-state index contributed by atoms with van der Waals surface area (Å²) in [7, 11) is 0. The van der Waals surface area contributed by atoms with Crippen LogP contribution < -0.4 is 9.64 Å². The van der Waals surface area contributed by atoms with E-state index in [0.717, 1.165) is 38.5 Å². The molecule has 3 heterocycles. The minimum absolute atomic E-state index is 0.0784. The van der Waals surface area contributed by atoms with Gasteiger partial charge in [-0.3, -0.25) is 14.4 Å². The fourth-order valence-electron chi connectivity index (χ4n) is 8.13. The number of nitrogens with zero attached hydrogens (tertiary/aromatic N) is 3. The largest absolute Gasteiger partial charge is 0.494 e. The van der Waals surface area contributed by atoms with Crippen LogP contribution in [0.4, 0.5) is 5.69 Å². The van der Waals surface area contributed by atoms with E-state index >= 15 is 0 Å². The number of alkyl halides is 1. The molecule has 246 valence electrons. The molecule has 0 aromatic heterocycles. The van der Waals surface area contributed by atoms with Crippen molar-refractivity contribution in [3.8, 4) is 5.75 Å². The number of aliphatic hydroxyl groups excluding tert-OH is 1. The molecule has 3 aliphatic heterocycles. The third-order valence-electron chi connectivity index (χ3n) is 10.0. The highest BCUT2D eigenvalue weighted by Crippen LogP contribution is 2.60. The molecule has 45 heavy (non-hydrogen) atoms. The lowest BCUT2D eigenvalue weighted by molar-refractivity contribution is -0.150. The summed E-state index contributed by atoms with van der Waals surface area (Å²) in [4.78, 5) is 49.0. The number of hydrogen-bond donors (Lipinski definition) is 1. The van der Waals surface area contributed by atoms with Crippen LogP contribution >= 0.6 is 15.9 Å². The van der Waals surface area contributed by atoms with Crippen molar-refractivity contribution in [1.82, 2.24) is 9.80 Å². The van der Waals surface area contributed by atoms with Crippen LogP contribution in [0.1, 0.15) is 64.7 Å². The van der Waals surface area contributed by atoms with Gasteiger partial charge in [0.25, 0.3) is 0 Å². The van der Waals surface area contributed by atoms with Gasteiger partial charge in [-0.2, -0.15) is 0 Å². The smallest absolute Gasteiger partial charge is 0.248 e. The summed E-state index contributed by atoms with van der Waals surface area (Å²) in [6.45, 7) is 11.4. The third-order valence-corrected chi connectivity index (χ3v) is 10.9. The van der Waals surface area contributed by atoms with E-state index in [1.807, 2.05) is 36.1 Å². The van der Waals surface area contributed by atoms with E-state index in [-0.39, 0.29) is 41.7 Å². The molecule has 4 aliphatic rings. The lowest BCUT2D eigenvalue weighted by atomic mass is 9.70. The molecule has 1 aromatic carbocycles. The maximum absolute atomic E-state index is 14.8. The molecule has 1 N–H and O–H groups in total. The number of hydrogen-bond acceptors (Lipinski definition) is 6. The number of aliphatic hydroxyl groups is 1. The van der Waals surface area contributed by atoms with E-state index in [0.29, 0.717) is 50.4 Å². The van der Waals surface area contributed by atoms with Gasteiger partial charge in [-0.1, -0.05) is 47.3 Å². The Morgan fingerprint density at radius 2 is 1.80 bits per heavy atom. The first-order valence-electron chi connectivity index (χ1n) is 16.6. The first-order valence-corrected chi connectivity index (χ1v) is 17.5. The van der Waals surface area contributed by atoms with Gasteiger partial charge in [0.2, 0.25) is 17.7 Å². The van der Waals surface area contributed by atoms with E-state index in [1.165, 1.54) is 0 Å². The Labute approximate surface area is 275 Å². The zero-order valence-electron chi connectivity index (χ0n) is 26.4. The number of halogens is 1. The SMILES string of the molecule is C=CCN(C(=O)[C@H]1[C@H]2C(=O)N(CCCCCO)C(C(=O)N(CC=C)C3CCCCC3)C23CC(Br)[C@@H]1O3)c1ccc(OCC)cc1. The Bertz CT molecular complexity index is 1240. The number of likely N-dealkylation sites (tertiary alicyclic amines) is 1. The molecular weight excluding hydrogens is 638 g/mol. The molecule has 9 nitrogen and oxygen atoms in total. The van der Waals surface area contributed by atoms with Crippen molar-refractivity contribution in [2.75, 3.05) is 37.7 Å². The number of anilines is 1. The van der Waals surface area contributed by atoms with Crippen LogP contribution in [-0.4, -0.2) is 94.1 Å². The maximum Gasteiger partial charge on any atom is 0.248 e. The normalized spacial score (nSPS) is 29.0. The fraction of sp³-hybridized carbons (Fsp3) is 0.629. The maximum atomic E-state index is 14.8. The van der Waals surface area contributed by atoms with Crippen LogP contribution in [0.2, 0.25) is 0 Å². The molecule has 0 radical (unpaired) electrons. The van der Waals surface area contributed by atoms with E-state index in [4.69, 9.17) is 9.47 Å². The molecule has 1 aliphatic carbocycles. The van der Waals surface area contributed by atoms with Gasteiger partial charge < -0.3 is 29.3 Å². The second-order valence-corrected chi connectivity index (χ2v) is 13.9. The van der Waals surface area contributed by atoms with Crippen LogP contribution in [0.5, 0.6) is 5.75 Å². The molecule has 10 heteroatoms. The second kappa shape index (κ2) is 14.8. The molecule has 1 aromatic rings. The van der Waals surface area contributed by atoms with Crippen molar-refractivity contribution in [3.63, 3.8) is 0 Å². The second-order valence-electron chi connectivity index (χ2n) is 12.7. The van der Waals surface area contributed by atoms with E-state index in [1.54, 1.807) is 22.0 Å². The quantitative estimate of drug-likeness (QED) is 0.161. The van der Waals surface area contributed by atoms with Crippen molar-refractivity contribution in [2.24, 2.45) is 11.8 Å². The molecule has 3 saturated heterocycles. The van der Waals surface area contributed by atoms with Crippen LogP contribution in [0, 0.1) is 11.8 Å². The Hall–Kier alpha value is -2.69. The molecule has 1 saturated carbocycles. The topological polar surface area (TPSA) is 99.6 Å². The van der Waals surface area contributed by atoms with Crippen molar-refractivity contribution in [1.29, 1.82) is 0 Å². The Balaban J connectivity index is 1.51. The monoisotopic (exact) mass is 685 g/mol.